The lowest BCUT2D eigenvalue weighted by Gasteiger charge is -2.30. The fourth-order valence-corrected chi connectivity index (χ4v) is 7.42. The van der Waals surface area contributed by atoms with Crippen molar-refractivity contribution in [1.29, 1.82) is 0 Å². The number of carbonyl (C=O) groups excluding carboxylic acids is 1. The third-order valence-corrected chi connectivity index (χ3v) is 11.4. The molecule has 0 fully saturated rings. The van der Waals surface area contributed by atoms with E-state index in [0.717, 1.165) is 64.2 Å². The van der Waals surface area contributed by atoms with Crippen LogP contribution in [0.4, 0.5) is 0 Å². The number of hydrogen-bond acceptors (Lipinski definition) is 6. The molecular formula is C47H91N2O6P. The molecule has 9 heteroatoms. The highest BCUT2D eigenvalue weighted by Crippen LogP contribution is 2.38. The van der Waals surface area contributed by atoms with Crippen LogP contribution in [0.3, 0.4) is 0 Å². The first-order valence-corrected chi connectivity index (χ1v) is 24.8. The van der Waals surface area contributed by atoms with Crippen molar-refractivity contribution in [1.82, 2.24) is 5.32 Å². The minimum Gasteiger partial charge on any atom is -0.756 e. The number of aliphatic hydroxyl groups excluding tert-OH is 1. The number of amides is 1. The Hall–Kier alpha value is -1.28. The van der Waals surface area contributed by atoms with Crippen LogP contribution in [0.15, 0.2) is 36.5 Å². The Morgan fingerprint density at radius 1 is 0.643 bits per heavy atom. The third kappa shape index (κ3) is 40.9. The minimum atomic E-state index is -4.57. The van der Waals surface area contributed by atoms with Crippen molar-refractivity contribution < 1.29 is 32.9 Å². The molecule has 0 spiro atoms. The molecule has 0 saturated heterocycles. The number of phosphoric ester groups is 1. The van der Waals surface area contributed by atoms with Gasteiger partial charge in [0.25, 0.3) is 7.82 Å². The number of nitrogens with zero attached hydrogens (tertiary/aromatic N) is 1. The van der Waals surface area contributed by atoms with E-state index in [4.69, 9.17) is 9.05 Å². The van der Waals surface area contributed by atoms with Gasteiger partial charge in [-0.2, -0.15) is 0 Å². The highest BCUT2D eigenvalue weighted by molar-refractivity contribution is 7.45. The predicted octanol–water partition coefficient (Wildman–Crippen LogP) is 12.5. The summed E-state index contributed by atoms with van der Waals surface area (Å²) in [5.74, 6) is -0.175. The number of nitrogens with one attached hydrogen (secondary N) is 1. The van der Waals surface area contributed by atoms with Gasteiger partial charge in [-0.15, -0.1) is 0 Å². The Kier molecular flexibility index (Phi) is 38.3. The van der Waals surface area contributed by atoms with E-state index in [1.54, 1.807) is 0 Å². The number of carbonyl (C=O) groups is 1. The number of likely N-dealkylation sites (N-methyl/N-ethyl adjacent to an activating group) is 1. The zero-order chi connectivity index (χ0) is 41.4. The molecule has 56 heavy (non-hydrogen) atoms. The molecule has 2 N–H and O–H groups in total. The van der Waals surface area contributed by atoms with Crippen LogP contribution in [0.2, 0.25) is 0 Å². The standard InChI is InChI=1S/C47H91N2O6P/c1-6-8-10-12-14-16-18-20-22-24-26-28-30-32-34-36-38-40-46(50)45(44-55-56(52,53)54-43-42-49(3,4)5)48-47(51)41-39-37-35-33-31-29-27-25-23-21-19-17-15-13-11-9-7-2/h9,11,15,17,21,23,45-46,50H,6-8,10,12-14,16,18-20,22,24-44H2,1-5H3,(H-,48,51,52,53)/b11-9-,17-15-,23-21-. The van der Waals surface area contributed by atoms with Gasteiger partial charge in [0.15, 0.2) is 0 Å². The molecule has 0 aliphatic heterocycles. The van der Waals surface area contributed by atoms with Crippen LogP contribution in [0.5, 0.6) is 0 Å². The zero-order valence-corrected chi connectivity index (χ0v) is 38.2. The Morgan fingerprint density at radius 2 is 1.09 bits per heavy atom. The first-order chi connectivity index (χ1) is 27.0. The van der Waals surface area contributed by atoms with E-state index in [2.05, 4.69) is 55.6 Å². The number of quaternary nitrogens is 1. The van der Waals surface area contributed by atoms with Crippen molar-refractivity contribution in [3.05, 3.63) is 36.5 Å². The Balaban J connectivity index is 4.35. The summed E-state index contributed by atoms with van der Waals surface area (Å²) in [6.45, 7) is 4.61. The SMILES string of the molecule is CC/C=C\C/C=C\C/C=C\CCCCCCCCCC(=O)NC(COP(=O)([O-])OCC[N+](C)(C)C)C(O)CCCCCCCCCCCCCCCCCCC. The summed E-state index contributed by atoms with van der Waals surface area (Å²) in [5, 5.41) is 13.9. The monoisotopic (exact) mass is 811 g/mol. The van der Waals surface area contributed by atoms with Crippen molar-refractivity contribution in [2.75, 3.05) is 40.9 Å². The summed E-state index contributed by atoms with van der Waals surface area (Å²) in [5.41, 5.74) is 0. The molecule has 0 aliphatic rings. The molecule has 0 saturated carbocycles. The van der Waals surface area contributed by atoms with E-state index < -0.39 is 20.0 Å². The number of rotatable bonds is 42. The molecule has 0 aromatic rings. The minimum absolute atomic E-state index is 0.00953. The predicted molar refractivity (Wildman–Crippen MR) is 238 cm³/mol. The Labute approximate surface area is 347 Å². The molecule has 0 rings (SSSR count). The smallest absolute Gasteiger partial charge is 0.268 e. The maximum Gasteiger partial charge on any atom is 0.268 e. The fourth-order valence-electron chi connectivity index (χ4n) is 6.70. The van der Waals surface area contributed by atoms with Crippen molar-refractivity contribution in [2.24, 2.45) is 0 Å². The molecule has 3 unspecified atom stereocenters. The number of aliphatic hydroxyl groups is 1. The second-order valence-corrected chi connectivity index (χ2v) is 18.5. The van der Waals surface area contributed by atoms with E-state index in [-0.39, 0.29) is 19.1 Å². The van der Waals surface area contributed by atoms with E-state index in [1.165, 1.54) is 116 Å². The Bertz CT molecular complexity index is 1010. The van der Waals surface area contributed by atoms with E-state index in [0.29, 0.717) is 23.9 Å². The van der Waals surface area contributed by atoms with Crippen LogP contribution in [-0.4, -0.2) is 68.5 Å². The third-order valence-electron chi connectivity index (χ3n) is 10.4. The summed E-state index contributed by atoms with van der Waals surface area (Å²) >= 11 is 0. The van der Waals surface area contributed by atoms with Gasteiger partial charge in [0.1, 0.15) is 13.2 Å². The maximum absolute atomic E-state index is 12.9. The largest absolute Gasteiger partial charge is 0.756 e. The van der Waals surface area contributed by atoms with Crippen LogP contribution in [0.25, 0.3) is 0 Å². The van der Waals surface area contributed by atoms with Gasteiger partial charge < -0.3 is 28.8 Å². The van der Waals surface area contributed by atoms with Gasteiger partial charge in [-0.25, -0.2) is 0 Å². The molecule has 0 radical (unpaired) electrons. The number of unbranched alkanes of at least 4 members (excludes halogenated alkanes) is 23. The molecule has 0 aliphatic carbocycles. The summed E-state index contributed by atoms with van der Waals surface area (Å²) in [6, 6.07) is -0.805. The van der Waals surface area contributed by atoms with E-state index in [1.807, 2.05) is 21.1 Å². The Morgan fingerprint density at radius 3 is 1.59 bits per heavy atom. The molecule has 0 aromatic carbocycles. The van der Waals surface area contributed by atoms with E-state index in [9.17, 15) is 19.4 Å². The highest BCUT2D eigenvalue weighted by Gasteiger charge is 2.24. The summed E-state index contributed by atoms with van der Waals surface area (Å²) < 4.78 is 23.3. The lowest BCUT2D eigenvalue weighted by Crippen LogP contribution is -2.46. The first-order valence-electron chi connectivity index (χ1n) is 23.3. The zero-order valence-electron chi connectivity index (χ0n) is 37.3. The van der Waals surface area contributed by atoms with Gasteiger partial charge >= 0.3 is 0 Å². The van der Waals surface area contributed by atoms with Crippen molar-refractivity contribution in [3.63, 3.8) is 0 Å². The average Bonchev–Trinajstić information content (AvgIpc) is 3.15. The average molecular weight is 811 g/mol. The highest BCUT2D eigenvalue weighted by atomic mass is 31.2. The second-order valence-electron chi connectivity index (χ2n) is 17.1. The second kappa shape index (κ2) is 39.2. The van der Waals surface area contributed by atoms with Gasteiger partial charge in [0, 0.05) is 6.42 Å². The van der Waals surface area contributed by atoms with Crippen molar-refractivity contribution in [2.45, 2.75) is 219 Å². The summed E-state index contributed by atoms with van der Waals surface area (Å²) in [7, 11) is 1.30. The van der Waals surface area contributed by atoms with Crippen LogP contribution in [0.1, 0.15) is 206 Å². The number of phosphoric acid groups is 1. The quantitative estimate of drug-likeness (QED) is 0.0275. The summed E-state index contributed by atoms with van der Waals surface area (Å²) in [6.07, 6.45) is 47.1. The van der Waals surface area contributed by atoms with Crippen molar-refractivity contribution >= 4 is 13.7 Å². The maximum atomic E-state index is 12.9. The fraction of sp³-hybridized carbons (Fsp3) is 0.851. The molecule has 3 atom stereocenters. The molecule has 8 nitrogen and oxygen atoms in total. The van der Waals surface area contributed by atoms with Gasteiger partial charge in [0.05, 0.1) is 39.9 Å². The topological polar surface area (TPSA) is 108 Å². The van der Waals surface area contributed by atoms with Crippen LogP contribution < -0.4 is 10.2 Å². The summed E-state index contributed by atoms with van der Waals surface area (Å²) in [4.78, 5) is 25.4. The van der Waals surface area contributed by atoms with Gasteiger partial charge in [0.2, 0.25) is 5.91 Å². The first kappa shape index (κ1) is 54.7. The molecule has 0 bridgehead atoms. The normalized spacial score (nSPS) is 14.6. The number of hydrogen-bond donors (Lipinski definition) is 2. The van der Waals surface area contributed by atoms with Crippen molar-refractivity contribution in [3.8, 4) is 0 Å². The van der Waals surface area contributed by atoms with Gasteiger partial charge in [-0.3, -0.25) is 9.36 Å². The van der Waals surface area contributed by atoms with Crippen LogP contribution in [-0.2, 0) is 18.4 Å². The molecule has 330 valence electrons. The number of allylic oxidation sites excluding steroid dienone is 6. The molecular weight excluding hydrogens is 719 g/mol. The molecule has 0 heterocycles. The van der Waals surface area contributed by atoms with E-state index >= 15 is 0 Å². The molecule has 1 amide bonds. The lowest BCUT2D eigenvalue weighted by molar-refractivity contribution is -0.870. The van der Waals surface area contributed by atoms with Crippen LogP contribution >= 0.6 is 7.82 Å². The van der Waals surface area contributed by atoms with Gasteiger partial charge in [-0.1, -0.05) is 192 Å². The van der Waals surface area contributed by atoms with Crippen LogP contribution in [0, 0.1) is 0 Å². The lowest BCUT2D eigenvalue weighted by atomic mass is 10.0. The molecule has 0 aromatic heterocycles. The van der Waals surface area contributed by atoms with Gasteiger partial charge in [-0.05, 0) is 44.9 Å².